The molecule has 0 atom stereocenters. The van der Waals surface area contributed by atoms with Crippen LogP contribution in [0.15, 0.2) is 176 Å². The van der Waals surface area contributed by atoms with Gasteiger partial charge in [0, 0.05) is 43.7 Å². The summed E-state index contributed by atoms with van der Waals surface area (Å²) in [6, 6.07) is 63.6. The molecule has 8 aromatic carbocycles. The quantitative estimate of drug-likeness (QED) is 0.169. The maximum Gasteiger partial charge on any atom is 0.211 e. The Kier molecular flexibility index (Phi) is 6.61. The summed E-state index contributed by atoms with van der Waals surface area (Å²) in [5.41, 5.74) is 12.6. The zero-order valence-corrected chi connectivity index (χ0v) is 29.5. The first kappa shape index (κ1) is 30.7. The molecule has 0 aliphatic heterocycles. The van der Waals surface area contributed by atoms with Gasteiger partial charge in [-0.25, -0.2) is 4.85 Å². The van der Waals surface area contributed by atoms with Gasteiger partial charge in [-0.05, 0) is 77.9 Å². The van der Waals surface area contributed by atoms with Crippen LogP contribution in [-0.2, 0) is 0 Å². The minimum absolute atomic E-state index is 0.549. The van der Waals surface area contributed by atoms with E-state index in [1.165, 1.54) is 32.6 Å². The summed E-state index contributed by atoms with van der Waals surface area (Å²) in [5, 5.41) is 16.8. The predicted octanol–water partition coefficient (Wildman–Crippen LogP) is 13.1. The normalized spacial score (nSPS) is 11.6. The third kappa shape index (κ3) is 4.39. The van der Waals surface area contributed by atoms with E-state index in [4.69, 9.17) is 6.57 Å². The van der Waals surface area contributed by atoms with E-state index < -0.39 is 0 Å². The first-order valence-corrected chi connectivity index (χ1v) is 18.3. The first-order valence-electron chi connectivity index (χ1n) is 18.3. The van der Waals surface area contributed by atoms with Crippen molar-refractivity contribution >= 4 is 71.1 Å². The van der Waals surface area contributed by atoms with Crippen LogP contribution < -0.4 is 0 Å². The number of aromatic nitrogens is 3. The van der Waals surface area contributed by atoms with Gasteiger partial charge in [0.05, 0.1) is 57.0 Å². The first-order chi connectivity index (χ1) is 27.2. The Morgan fingerprint density at radius 3 is 1.58 bits per heavy atom. The van der Waals surface area contributed by atoms with Gasteiger partial charge >= 0.3 is 0 Å². The average molecular weight is 700 g/mol. The molecule has 0 amide bonds. The number of rotatable bonds is 4. The average Bonchev–Trinajstić information content (AvgIpc) is 3.89. The fourth-order valence-corrected chi connectivity index (χ4v) is 8.81. The summed E-state index contributed by atoms with van der Waals surface area (Å²) < 4.78 is 6.87. The van der Waals surface area contributed by atoms with E-state index in [0.29, 0.717) is 11.3 Å². The summed E-state index contributed by atoms with van der Waals surface area (Å²) in [7, 11) is 0. The third-order valence-corrected chi connectivity index (χ3v) is 11.1. The lowest BCUT2D eigenvalue weighted by molar-refractivity contribution is 1.16. The highest BCUT2D eigenvalue weighted by Crippen LogP contribution is 2.42. The van der Waals surface area contributed by atoms with E-state index in [1.54, 1.807) is 0 Å². The highest BCUT2D eigenvalue weighted by molar-refractivity contribution is 6.14. The second-order valence-electron chi connectivity index (χ2n) is 13.9. The summed E-state index contributed by atoms with van der Waals surface area (Å²) in [6.07, 6.45) is 0. The van der Waals surface area contributed by atoms with Gasteiger partial charge in [0.2, 0.25) is 5.69 Å². The molecule has 0 fully saturated rings. The summed E-state index contributed by atoms with van der Waals surface area (Å²) in [6.45, 7) is 8.22. The Labute approximate surface area is 316 Å². The molecule has 0 aliphatic carbocycles. The van der Waals surface area contributed by atoms with Crippen LogP contribution in [0.1, 0.15) is 5.56 Å². The predicted molar refractivity (Wildman–Crippen MR) is 226 cm³/mol. The highest BCUT2D eigenvalue weighted by Gasteiger charge is 2.21. The topological polar surface area (TPSA) is 42.9 Å². The Hall–Kier alpha value is -7.86. The summed E-state index contributed by atoms with van der Waals surface area (Å²) in [5.74, 6) is 0. The Morgan fingerprint density at radius 1 is 0.436 bits per heavy atom. The molecule has 0 unspecified atom stereocenters. The molecule has 0 N–H and O–H groups in total. The molecule has 11 aromatic rings. The van der Waals surface area contributed by atoms with Gasteiger partial charge in [0.1, 0.15) is 0 Å². The van der Waals surface area contributed by atoms with Gasteiger partial charge in [-0.2, -0.15) is 5.26 Å². The molecule has 0 saturated carbocycles. The molecule has 5 heteroatoms. The molecular formula is C50H29N5. The van der Waals surface area contributed by atoms with Crippen LogP contribution in [0.3, 0.4) is 0 Å². The van der Waals surface area contributed by atoms with Crippen molar-refractivity contribution in [3.63, 3.8) is 0 Å². The summed E-state index contributed by atoms with van der Waals surface area (Å²) in [4.78, 5) is 4.01. The number of fused-ring (bicyclic) bond motifs is 9. The lowest BCUT2D eigenvalue weighted by Crippen LogP contribution is -1.98. The van der Waals surface area contributed by atoms with Gasteiger partial charge in [0.15, 0.2) is 0 Å². The van der Waals surface area contributed by atoms with Crippen LogP contribution >= 0.6 is 0 Å². The van der Waals surface area contributed by atoms with Crippen LogP contribution in [-0.4, -0.2) is 13.7 Å². The van der Waals surface area contributed by atoms with Crippen LogP contribution in [0.5, 0.6) is 0 Å². The maximum absolute atomic E-state index is 10.1. The molecule has 3 aromatic heterocycles. The fraction of sp³-hybridized carbons (Fsp3) is 0. The minimum atomic E-state index is 0.549. The number of nitriles is 1. The monoisotopic (exact) mass is 699 g/mol. The van der Waals surface area contributed by atoms with Gasteiger partial charge in [-0.1, -0.05) is 109 Å². The van der Waals surface area contributed by atoms with Crippen molar-refractivity contribution in [1.82, 2.24) is 13.7 Å². The molecule has 0 aliphatic rings. The molecule has 0 radical (unpaired) electrons. The minimum Gasteiger partial charge on any atom is -0.318 e. The lowest BCUT2D eigenvalue weighted by atomic mass is 10.0. The number of nitrogens with zero attached hydrogens (tertiary/aromatic N) is 5. The van der Waals surface area contributed by atoms with Crippen LogP contribution in [0.4, 0.5) is 5.69 Å². The van der Waals surface area contributed by atoms with Crippen molar-refractivity contribution < 1.29 is 0 Å². The highest BCUT2D eigenvalue weighted by atomic mass is 15.0. The number of hydrogen-bond acceptors (Lipinski definition) is 1. The van der Waals surface area contributed by atoms with Gasteiger partial charge in [0.25, 0.3) is 0 Å². The zero-order chi connectivity index (χ0) is 36.6. The van der Waals surface area contributed by atoms with Crippen molar-refractivity contribution in [2.75, 3.05) is 0 Å². The molecule has 254 valence electrons. The number of para-hydroxylation sites is 5. The molecule has 0 bridgehead atoms. The standard InChI is InChI=1S/C50H29N5/c1-52-42-18-11-17-36(50(42)55-46-22-9-5-16-40(46)49-33(31-51)12-10-23-48(49)55)32-24-26-34(27-25-32)53-45-21-8-4-15-39(45)41-30-35(28-29-47(41)53)54-43-19-6-2-13-37(43)38-14-3-7-20-44(38)54/h2-30H. The van der Waals surface area contributed by atoms with E-state index in [2.05, 4.69) is 158 Å². The number of benzene rings is 8. The molecule has 0 spiro atoms. The molecule has 0 saturated heterocycles. The van der Waals surface area contributed by atoms with E-state index in [1.807, 2.05) is 42.5 Å². The Balaban J connectivity index is 1.09. The van der Waals surface area contributed by atoms with Gasteiger partial charge < -0.3 is 13.7 Å². The second-order valence-corrected chi connectivity index (χ2v) is 13.9. The number of hydrogen-bond donors (Lipinski definition) is 0. The van der Waals surface area contributed by atoms with Crippen molar-refractivity contribution in [3.05, 3.63) is 193 Å². The molecule has 3 heterocycles. The van der Waals surface area contributed by atoms with Crippen molar-refractivity contribution in [1.29, 1.82) is 5.26 Å². The molecular weight excluding hydrogens is 671 g/mol. The van der Waals surface area contributed by atoms with E-state index in [9.17, 15) is 5.26 Å². The van der Waals surface area contributed by atoms with Crippen LogP contribution in [0.25, 0.3) is 98.5 Å². The molecule has 5 nitrogen and oxygen atoms in total. The van der Waals surface area contributed by atoms with Gasteiger partial charge in [-0.15, -0.1) is 0 Å². The van der Waals surface area contributed by atoms with E-state index in [0.717, 1.165) is 61.0 Å². The van der Waals surface area contributed by atoms with E-state index >= 15 is 0 Å². The smallest absolute Gasteiger partial charge is 0.211 e. The maximum atomic E-state index is 10.1. The van der Waals surface area contributed by atoms with Crippen molar-refractivity contribution in [3.8, 4) is 34.3 Å². The van der Waals surface area contributed by atoms with Crippen LogP contribution in [0.2, 0.25) is 0 Å². The van der Waals surface area contributed by atoms with E-state index in [-0.39, 0.29) is 0 Å². The Morgan fingerprint density at radius 2 is 0.945 bits per heavy atom. The Bertz CT molecular complexity index is 3400. The van der Waals surface area contributed by atoms with Crippen molar-refractivity contribution in [2.45, 2.75) is 0 Å². The second kappa shape index (κ2) is 11.8. The van der Waals surface area contributed by atoms with Crippen molar-refractivity contribution in [2.24, 2.45) is 0 Å². The zero-order valence-electron chi connectivity index (χ0n) is 29.5. The summed E-state index contributed by atoms with van der Waals surface area (Å²) >= 11 is 0. The van der Waals surface area contributed by atoms with Crippen LogP contribution in [0, 0.1) is 17.9 Å². The molecule has 55 heavy (non-hydrogen) atoms. The third-order valence-electron chi connectivity index (χ3n) is 11.1. The molecule has 11 rings (SSSR count). The SMILES string of the molecule is [C-]#[N+]c1cccc(-c2ccc(-n3c4ccccc4c4cc(-n5c6ccccc6c6ccccc65)ccc43)cc2)c1-n1c2ccccc2c2c(C#N)cccc21. The largest absolute Gasteiger partial charge is 0.318 e. The fourth-order valence-electron chi connectivity index (χ4n) is 8.81. The van der Waals surface area contributed by atoms with Gasteiger partial charge in [-0.3, -0.25) is 0 Å². The lowest BCUT2D eigenvalue weighted by Gasteiger charge is -2.17.